The molecule has 1 aliphatic rings. The summed E-state index contributed by atoms with van der Waals surface area (Å²) in [6, 6.07) is 6.32. The lowest BCUT2D eigenvalue weighted by atomic mass is 10.1. The van der Waals surface area contributed by atoms with Crippen LogP contribution in [-0.4, -0.2) is 39.3 Å². The normalized spacial score (nSPS) is 16.8. The molecule has 3 aromatic rings. The van der Waals surface area contributed by atoms with Gasteiger partial charge in [0.25, 0.3) is 11.8 Å². The molecule has 1 atom stereocenters. The molecule has 11 heteroatoms. The second-order valence-corrected chi connectivity index (χ2v) is 7.47. The molecular formula is C21H20F3N5O3. The van der Waals surface area contributed by atoms with E-state index < -0.39 is 23.6 Å². The summed E-state index contributed by atoms with van der Waals surface area (Å²) in [6.45, 7) is 0.686. The molecule has 0 saturated carbocycles. The van der Waals surface area contributed by atoms with Gasteiger partial charge in [-0.05, 0) is 37.5 Å². The number of benzene rings is 1. The maximum absolute atomic E-state index is 13.6. The highest BCUT2D eigenvalue weighted by Gasteiger charge is 2.35. The fourth-order valence-electron chi connectivity index (χ4n) is 3.73. The zero-order valence-electron chi connectivity index (χ0n) is 16.9. The van der Waals surface area contributed by atoms with Crippen molar-refractivity contribution in [2.24, 2.45) is 5.73 Å². The van der Waals surface area contributed by atoms with Crippen molar-refractivity contribution >= 4 is 28.4 Å². The molecule has 0 spiro atoms. The molecule has 4 rings (SSSR count). The quantitative estimate of drug-likeness (QED) is 0.623. The number of nitrogens with one attached hydrogen (secondary N) is 1. The van der Waals surface area contributed by atoms with Crippen molar-refractivity contribution in [1.82, 2.24) is 14.8 Å². The second-order valence-electron chi connectivity index (χ2n) is 7.47. The van der Waals surface area contributed by atoms with Crippen molar-refractivity contribution in [3.8, 4) is 0 Å². The van der Waals surface area contributed by atoms with Crippen LogP contribution < -0.4 is 11.1 Å². The highest BCUT2D eigenvalue weighted by atomic mass is 19.4. The number of amides is 2. The summed E-state index contributed by atoms with van der Waals surface area (Å²) in [5.41, 5.74) is 4.12. The molecule has 1 aliphatic heterocycles. The molecule has 0 bridgehead atoms. The van der Waals surface area contributed by atoms with Crippen molar-refractivity contribution in [3.63, 3.8) is 0 Å². The molecule has 1 aromatic carbocycles. The molecule has 8 nitrogen and oxygen atoms in total. The number of nitrogens with zero attached hydrogens (tertiary/aromatic N) is 3. The molecule has 0 radical (unpaired) electrons. The van der Waals surface area contributed by atoms with Gasteiger partial charge in [-0.2, -0.15) is 18.3 Å². The highest BCUT2D eigenvalue weighted by molar-refractivity contribution is 6.12. The number of halogens is 3. The number of rotatable bonds is 5. The molecule has 1 unspecified atom stereocenters. The van der Waals surface area contributed by atoms with Gasteiger partial charge >= 0.3 is 6.18 Å². The lowest BCUT2D eigenvalue weighted by Crippen LogP contribution is -2.28. The third-order valence-corrected chi connectivity index (χ3v) is 5.21. The monoisotopic (exact) mass is 447 g/mol. The largest absolute Gasteiger partial charge is 0.418 e. The molecule has 1 saturated heterocycles. The van der Waals surface area contributed by atoms with Crippen LogP contribution in [0.5, 0.6) is 0 Å². The third kappa shape index (κ3) is 4.42. The summed E-state index contributed by atoms with van der Waals surface area (Å²) in [4.78, 5) is 28.3. The molecule has 0 aliphatic carbocycles. The van der Waals surface area contributed by atoms with Crippen LogP contribution in [0.25, 0.3) is 10.9 Å². The molecule has 32 heavy (non-hydrogen) atoms. The zero-order valence-corrected chi connectivity index (χ0v) is 16.9. The van der Waals surface area contributed by atoms with E-state index in [0.717, 1.165) is 25.3 Å². The van der Waals surface area contributed by atoms with Crippen LogP contribution in [0, 0.1) is 0 Å². The second kappa shape index (κ2) is 8.58. The molecule has 2 amide bonds. The number of alkyl halides is 3. The first-order chi connectivity index (χ1) is 15.2. The first-order valence-corrected chi connectivity index (χ1v) is 9.99. The Morgan fingerprint density at radius 2 is 2.06 bits per heavy atom. The topological polar surface area (TPSA) is 112 Å². The lowest BCUT2D eigenvalue weighted by Gasteiger charge is -2.23. The van der Waals surface area contributed by atoms with Crippen molar-refractivity contribution in [2.75, 3.05) is 11.9 Å². The fourth-order valence-corrected chi connectivity index (χ4v) is 3.73. The van der Waals surface area contributed by atoms with E-state index >= 15 is 0 Å². The van der Waals surface area contributed by atoms with Gasteiger partial charge in [0.1, 0.15) is 16.9 Å². The Labute approximate surface area is 180 Å². The summed E-state index contributed by atoms with van der Waals surface area (Å²) < 4.78 is 47.6. The SMILES string of the molecule is NC(=O)c1cc(NC(=O)c2c3cccc(C(F)(F)F)c3nn2CC2CCCCO2)ccn1. The first-order valence-electron chi connectivity index (χ1n) is 9.99. The van der Waals surface area contributed by atoms with Gasteiger partial charge in [0.2, 0.25) is 0 Å². The van der Waals surface area contributed by atoms with E-state index in [2.05, 4.69) is 15.4 Å². The van der Waals surface area contributed by atoms with Gasteiger partial charge in [-0.25, -0.2) is 0 Å². The lowest BCUT2D eigenvalue weighted by molar-refractivity contribution is -0.136. The summed E-state index contributed by atoms with van der Waals surface area (Å²) in [7, 11) is 0. The van der Waals surface area contributed by atoms with Crippen LogP contribution >= 0.6 is 0 Å². The number of hydrogen-bond acceptors (Lipinski definition) is 5. The average molecular weight is 447 g/mol. The van der Waals surface area contributed by atoms with Gasteiger partial charge in [0.15, 0.2) is 0 Å². The Morgan fingerprint density at radius 3 is 2.75 bits per heavy atom. The number of fused-ring (bicyclic) bond motifs is 1. The maximum atomic E-state index is 13.6. The standard InChI is InChI=1S/C21H20F3N5O3/c22-21(23,24)15-6-3-5-14-17(15)28-29(11-13-4-1-2-9-32-13)18(14)20(31)27-12-7-8-26-16(10-12)19(25)30/h3,5-8,10,13H,1-2,4,9,11H2,(H2,25,30)(H,26,27,31). The summed E-state index contributed by atoms with van der Waals surface area (Å²) >= 11 is 0. The first kappa shape index (κ1) is 21.8. The van der Waals surface area contributed by atoms with E-state index in [9.17, 15) is 22.8 Å². The number of hydrogen-bond donors (Lipinski definition) is 2. The minimum absolute atomic E-state index is 0.0299. The Bertz CT molecular complexity index is 1170. The van der Waals surface area contributed by atoms with Crippen molar-refractivity contribution in [2.45, 2.75) is 38.1 Å². The third-order valence-electron chi connectivity index (χ3n) is 5.21. The molecule has 2 aromatic heterocycles. The summed E-state index contributed by atoms with van der Waals surface area (Å²) in [5, 5.41) is 6.82. The van der Waals surface area contributed by atoms with Crippen molar-refractivity contribution in [1.29, 1.82) is 0 Å². The van der Waals surface area contributed by atoms with Gasteiger partial charge in [0, 0.05) is 23.9 Å². The minimum Gasteiger partial charge on any atom is -0.376 e. The molecular weight excluding hydrogens is 427 g/mol. The smallest absolute Gasteiger partial charge is 0.376 e. The number of pyridine rings is 1. The Hall–Kier alpha value is -3.47. The average Bonchev–Trinajstić information content (AvgIpc) is 3.11. The molecule has 3 heterocycles. The van der Waals surface area contributed by atoms with Crippen molar-refractivity contribution in [3.05, 3.63) is 53.5 Å². The number of aromatic nitrogens is 3. The Morgan fingerprint density at radius 1 is 1.25 bits per heavy atom. The fraction of sp³-hybridized carbons (Fsp3) is 0.333. The van der Waals surface area contributed by atoms with Crippen LogP contribution in [0.1, 0.15) is 45.8 Å². The van der Waals surface area contributed by atoms with Gasteiger partial charge in [0.05, 0.1) is 18.2 Å². The number of carbonyl (C=O) groups is 2. The molecule has 1 fully saturated rings. The van der Waals surface area contributed by atoms with Crippen LogP contribution in [0.2, 0.25) is 0 Å². The van der Waals surface area contributed by atoms with Crippen LogP contribution in [0.15, 0.2) is 36.5 Å². The van der Waals surface area contributed by atoms with Crippen molar-refractivity contribution < 1.29 is 27.5 Å². The number of nitrogens with two attached hydrogens (primary N) is 1. The van der Waals surface area contributed by atoms with Crippen LogP contribution in [0.4, 0.5) is 18.9 Å². The van der Waals surface area contributed by atoms with Gasteiger partial charge in [-0.15, -0.1) is 0 Å². The summed E-state index contributed by atoms with van der Waals surface area (Å²) in [6.07, 6.45) is -1.05. The van der Waals surface area contributed by atoms with E-state index in [1.807, 2.05) is 0 Å². The highest BCUT2D eigenvalue weighted by Crippen LogP contribution is 2.35. The minimum atomic E-state index is -4.63. The van der Waals surface area contributed by atoms with Gasteiger partial charge in [-0.3, -0.25) is 19.3 Å². The Balaban J connectivity index is 1.76. The number of primary amides is 1. The summed E-state index contributed by atoms with van der Waals surface area (Å²) in [5.74, 6) is -1.45. The number of anilines is 1. The van der Waals surface area contributed by atoms with Gasteiger partial charge in [-0.1, -0.05) is 12.1 Å². The van der Waals surface area contributed by atoms with Crippen LogP contribution in [0.3, 0.4) is 0 Å². The Kier molecular flexibility index (Phi) is 5.83. The van der Waals surface area contributed by atoms with Gasteiger partial charge < -0.3 is 15.8 Å². The maximum Gasteiger partial charge on any atom is 0.418 e. The van der Waals surface area contributed by atoms with E-state index in [1.54, 1.807) is 0 Å². The number of ether oxygens (including phenoxy) is 1. The van der Waals surface area contributed by atoms with Crippen LogP contribution in [-0.2, 0) is 17.5 Å². The predicted octanol–water partition coefficient (Wildman–Crippen LogP) is 3.37. The van der Waals surface area contributed by atoms with E-state index in [4.69, 9.17) is 10.5 Å². The predicted molar refractivity (Wildman–Crippen MR) is 109 cm³/mol. The van der Waals surface area contributed by atoms with E-state index in [1.165, 1.54) is 35.1 Å². The molecule has 168 valence electrons. The van der Waals surface area contributed by atoms with E-state index in [-0.39, 0.29) is 40.6 Å². The number of carbonyl (C=O) groups excluding carboxylic acids is 2. The van der Waals surface area contributed by atoms with E-state index in [0.29, 0.717) is 6.61 Å². The zero-order chi connectivity index (χ0) is 22.9. The molecule has 3 N–H and O–H groups in total.